The van der Waals surface area contributed by atoms with Gasteiger partial charge in [-0.15, -0.1) is 0 Å². The summed E-state index contributed by atoms with van der Waals surface area (Å²) in [4.78, 5) is 6.83. The molecule has 1 saturated carbocycles. The summed E-state index contributed by atoms with van der Waals surface area (Å²) in [7, 11) is 2.11. The van der Waals surface area contributed by atoms with E-state index in [0.717, 1.165) is 11.7 Å². The van der Waals surface area contributed by atoms with Crippen LogP contribution in [0.25, 0.3) is 0 Å². The summed E-state index contributed by atoms with van der Waals surface area (Å²) >= 11 is 0. The Morgan fingerprint density at radius 1 is 1.39 bits per heavy atom. The van der Waals surface area contributed by atoms with Crippen molar-refractivity contribution in [2.75, 3.05) is 18.5 Å². The Labute approximate surface area is 110 Å². The van der Waals surface area contributed by atoms with Crippen LogP contribution in [0, 0.1) is 5.92 Å². The summed E-state index contributed by atoms with van der Waals surface area (Å²) in [6, 6.07) is 4.74. The third-order valence-corrected chi connectivity index (χ3v) is 3.88. The molecule has 2 rings (SSSR count). The van der Waals surface area contributed by atoms with E-state index in [2.05, 4.69) is 49.8 Å². The van der Waals surface area contributed by atoms with Crippen LogP contribution in [0.3, 0.4) is 0 Å². The van der Waals surface area contributed by atoms with Gasteiger partial charge in [0.05, 0.1) is 0 Å². The molecule has 1 atom stereocenters. The van der Waals surface area contributed by atoms with Crippen molar-refractivity contribution >= 4 is 5.82 Å². The lowest BCUT2D eigenvalue weighted by molar-refractivity contribution is 0.563. The van der Waals surface area contributed by atoms with Crippen molar-refractivity contribution in [1.29, 1.82) is 0 Å². The molecule has 2 N–H and O–H groups in total. The first-order valence-corrected chi connectivity index (χ1v) is 6.83. The van der Waals surface area contributed by atoms with Gasteiger partial charge in [0.2, 0.25) is 0 Å². The van der Waals surface area contributed by atoms with Gasteiger partial charge in [-0.05, 0) is 35.8 Å². The van der Waals surface area contributed by atoms with Crippen molar-refractivity contribution in [2.45, 2.75) is 45.1 Å². The van der Waals surface area contributed by atoms with Crippen LogP contribution in [0.2, 0.25) is 0 Å². The minimum Gasteiger partial charge on any atom is -0.355 e. The van der Waals surface area contributed by atoms with Gasteiger partial charge in [-0.2, -0.15) is 0 Å². The van der Waals surface area contributed by atoms with E-state index in [0.29, 0.717) is 12.6 Å². The molecule has 0 radical (unpaired) electrons. The van der Waals surface area contributed by atoms with Crippen LogP contribution in [-0.4, -0.2) is 24.6 Å². The summed E-state index contributed by atoms with van der Waals surface area (Å²) in [5.74, 6) is 1.80. The molecule has 1 unspecified atom stereocenters. The van der Waals surface area contributed by atoms with Gasteiger partial charge >= 0.3 is 0 Å². The smallest absolute Gasteiger partial charge is 0.128 e. The van der Waals surface area contributed by atoms with Crippen LogP contribution in [0.1, 0.15) is 39.2 Å². The molecule has 0 amide bonds. The summed E-state index contributed by atoms with van der Waals surface area (Å²) in [6.07, 6.45) is 4.62. The quantitative estimate of drug-likeness (QED) is 0.889. The lowest BCUT2D eigenvalue weighted by atomic mass is 9.88. The fraction of sp³-hybridized carbons (Fsp3) is 0.667. The second-order valence-corrected chi connectivity index (χ2v) is 6.41. The molecule has 0 bridgehead atoms. The van der Waals surface area contributed by atoms with E-state index in [1.54, 1.807) is 0 Å². The first-order valence-electron chi connectivity index (χ1n) is 6.83. The maximum atomic E-state index is 5.88. The Bertz CT molecular complexity index is 387. The third-order valence-electron chi connectivity index (χ3n) is 3.88. The Morgan fingerprint density at radius 3 is 2.44 bits per heavy atom. The summed E-state index contributed by atoms with van der Waals surface area (Å²) in [6.45, 7) is 7.34. The minimum absolute atomic E-state index is 0.161. The van der Waals surface area contributed by atoms with Gasteiger partial charge in [0.1, 0.15) is 5.82 Å². The molecule has 1 aromatic heterocycles. The Morgan fingerprint density at radius 2 is 2.06 bits per heavy atom. The molecule has 3 nitrogen and oxygen atoms in total. The van der Waals surface area contributed by atoms with Crippen molar-refractivity contribution in [3.63, 3.8) is 0 Å². The number of hydrogen-bond donors (Lipinski definition) is 1. The maximum absolute atomic E-state index is 5.88. The van der Waals surface area contributed by atoms with Crippen LogP contribution < -0.4 is 10.6 Å². The van der Waals surface area contributed by atoms with Crippen molar-refractivity contribution in [2.24, 2.45) is 11.7 Å². The highest BCUT2D eigenvalue weighted by atomic mass is 15.2. The molecule has 0 saturated heterocycles. The van der Waals surface area contributed by atoms with E-state index in [-0.39, 0.29) is 5.41 Å². The van der Waals surface area contributed by atoms with Gasteiger partial charge < -0.3 is 10.6 Å². The zero-order valence-electron chi connectivity index (χ0n) is 12.0. The maximum Gasteiger partial charge on any atom is 0.128 e. The Kier molecular flexibility index (Phi) is 3.62. The van der Waals surface area contributed by atoms with Gasteiger partial charge in [-0.1, -0.05) is 26.8 Å². The first kappa shape index (κ1) is 13.3. The van der Waals surface area contributed by atoms with Crippen molar-refractivity contribution < 1.29 is 0 Å². The first-order chi connectivity index (χ1) is 8.43. The van der Waals surface area contributed by atoms with Crippen LogP contribution in [0.5, 0.6) is 0 Å². The van der Waals surface area contributed by atoms with Crippen LogP contribution in [-0.2, 0) is 5.41 Å². The fourth-order valence-corrected chi connectivity index (χ4v) is 2.36. The van der Waals surface area contributed by atoms with Gasteiger partial charge in [0.15, 0.2) is 0 Å². The normalized spacial score (nSPS) is 17.6. The number of likely N-dealkylation sites (N-methyl/N-ethyl adjacent to an activating group) is 1. The van der Waals surface area contributed by atoms with Gasteiger partial charge in [-0.3, -0.25) is 0 Å². The van der Waals surface area contributed by atoms with Gasteiger partial charge in [-0.25, -0.2) is 4.98 Å². The number of hydrogen-bond acceptors (Lipinski definition) is 3. The zero-order valence-corrected chi connectivity index (χ0v) is 12.0. The van der Waals surface area contributed by atoms with E-state index in [1.807, 2.05) is 6.20 Å². The van der Waals surface area contributed by atoms with Crippen LogP contribution in [0.4, 0.5) is 5.82 Å². The van der Waals surface area contributed by atoms with Crippen molar-refractivity contribution in [3.05, 3.63) is 23.9 Å². The second kappa shape index (κ2) is 4.88. The molecular weight excluding hydrogens is 222 g/mol. The number of pyridine rings is 1. The van der Waals surface area contributed by atoms with Crippen LogP contribution in [0.15, 0.2) is 18.3 Å². The zero-order chi connectivity index (χ0) is 13.3. The third kappa shape index (κ3) is 2.83. The molecule has 0 aromatic carbocycles. The topological polar surface area (TPSA) is 42.2 Å². The Balaban J connectivity index is 2.13. The van der Waals surface area contributed by atoms with Crippen molar-refractivity contribution in [1.82, 2.24) is 4.98 Å². The molecule has 1 aliphatic carbocycles. The molecule has 18 heavy (non-hydrogen) atoms. The molecule has 0 aliphatic heterocycles. The average molecular weight is 247 g/mol. The van der Waals surface area contributed by atoms with Gasteiger partial charge in [0, 0.05) is 25.8 Å². The minimum atomic E-state index is 0.161. The second-order valence-electron chi connectivity index (χ2n) is 6.41. The molecule has 100 valence electrons. The standard InChI is InChI=1S/C15H25N3/c1-15(2,3)12-7-8-14(17-10-12)18(4)13(9-16)11-5-6-11/h7-8,10-11,13H,5-6,9,16H2,1-4H3. The summed E-state index contributed by atoms with van der Waals surface area (Å²) < 4.78 is 0. The predicted octanol–water partition coefficient (Wildman–Crippen LogP) is 2.55. The predicted molar refractivity (Wildman–Crippen MR) is 76.9 cm³/mol. The van der Waals surface area contributed by atoms with E-state index in [4.69, 9.17) is 5.73 Å². The number of anilines is 1. The SMILES string of the molecule is CN(c1ccc(C(C)(C)C)cn1)C(CN)C1CC1. The Hall–Kier alpha value is -1.09. The molecule has 0 spiro atoms. The molecule has 1 heterocycles. The highest BCUT2D eigenvalue weighted by Gasteiger charge is 2.33. The number of rotatable bonds is 4. The lowest BCUT2D eigenvalue weighted by Crippen LogP contribution is -2.40. The number of aromatic nitrogens is 1. The van der Waals surface area contributed by atoms with E-state index < -0.39 is 0 Å². The van der Waals surface area contributed by atoms with E-state index in [9.17, 15) is 0 Å². The largest absolute Gasteiger partial charge is 0.355 e. The summed E-state index contributed by atoms with van der Waals surface area (Å²) in [5.41, 5.74) is 7.32. The number of nitrogens with zero attached hydrogens (tertiary/aromatic N) is 2. The fourth-order valence-electron chi connectivity index (χ4n) is 2.36. The average Bonchev–Trinajstić information content (AvgIpc) is 3.13. The van der Waals surface area contributed by atoms with E-state index in [1.165, 1.54) is 18.4 Å². The summed E-state index contributed by atoms with van der Waals surface area (Å²) in [5, 5.41) is 0. The molecular formula is C15H25N3. The molecule has 1 aromatic rings. The highest BCUT2D eigenvalue weighted by molar-refractivity contribution is 5.41. The number of nitrogens with two attached hydrogens (primary N) is 1. The molecule has 3 heteroatoms. The monoisotopic (exact) mass is 247 g/mol. The lowest BCUT2D eigenvalue weighted by Gasteiger charge is -2.29. The van der Waals surface area contributed by atoms with Crippen LogP contribution >= 0.6 is 0 Å². The van der Waals surface area contributed by atoms with Crippen molar-refractivity contribution in [3.8, 4) is 0 Å². The van der Waals surface area contributed by atoms with Gasteiger partial charge in [0.25, 0.3) is 0 Å². The molecule has 1 fully saturated rings. The highest BCUT2D eigenvalue weighted by Crippen LogP contribution is 2.35. The molecule has 1 aliphatic rings. The van der Waals surface area contributed by atoms with E-state index >= 15 is 0 Å².